The third-order valence-electron chi connectivity index (χ3n) is 5.54. The molecule has 0 saturated heterocycles. The molecule has 28 heavy (non-hydrogen) atoms. The van der Waals surface area contributed by atoms with Crippen molar-refractivity contribution in [1.82, 2.24) is 0 Å². The van der Waals surface area contributed by atoms with Gasteiger partial charge >= 0.3 is 0 Å². The molecule has 144 valence electrons. The number of rotatable bonds is 6. The van der Waals surface area contributed by atoms with Gasteiger partial charge in [0.2, 0.25) is 0 Å². The van der Waals surface area contributed by atoms with Crippen molar-refractivity contribution in [3.63, 3.8) is 0 Å². The summed E-state index contributed by atoms with van der Waals surface area (Å²) in [5.41, 5.74) is 8.35. The number of hydrogen-bond acceptors (Lipinski definition) is 3. The zero-order valence-corrected chi connectivity index (χ0v) is 17.0. The highest BCUT2D eigenvalue weighted by atomic mass is 16.5. The first kappa shape index (κ1) is 18.5. The summed E-state index contributed by atoms with van der Waals surface area (Å²) in [6, 6.07) is 12.2. The van der Waals surface area contributed by atoms with Crippen molar-refractivity contribution < 1.29 is 14.3 Å². The minimum atomic E-state index is 0.120. The molecule has 2 aromatic carbocycles. The molecule has 0 bridgehead atoms. The van der Waals surface area contributed by atoms with E-state index in [1.54, 1.807) is 0 Å². The van der Waals surface area contributed by atoms with Gasteiger partial charge in [-0.15, -0.1) is 0 Å². The molecule has 2 aromatic rings. The third kappa shape index (κ3) is 3.05. The van der Waals surface area contributed by atoms with Crippen LogP contribution in [0.1, 0.15) is 49.9 Å². The van der Waals surface area contributed by atoms with E-state index in [0.717, 1.165) is 57.8 Å². The van der Waals surface area contributed by atoms with E-state index in [4.69, 9.17) is 9.47 Å². The lowest BCUT2D eigenvalue weighted by molar-refractivity contribution is -0.108. The van der Waals surface area contributed by atoms with Crippen LogP contribution in [0.4, 0.5) is 0 Å². The van der Waals surface area contributed by atoms with Gasteiger partial charge in [-0.3, -0.25) is 4.79 Å². The number of benzene rings is 2. The number of ketones is 1. The molecule has 0 radical (unpaired) electrons. The van der Waals surface area contributed by atoms with Gasteiger partial charge in [-0.25, -0.2) is 0 Å². The zero-order chi connectivity index (χ0) is 19.8. The second-order valence-corrected chi connectivity index (χ2v) is 7.50. The lowest BCUT2D eigenvalue weighted by Gasteiger charge is -2.12. The minimum absolute atomic E-state index is 0.120. The highest BCUT2D eigenvalue weighted by molar-refractivity contribution is 6.44. The number of ether oxygens (including phenoxy) is 2. The Bertz CT molecular complexity index is 943. The van der Waals surface area contributed by atoms with E-state index in [1.807, 2.05) is 38.1 Å². The molecule has 0 unspecified atom stereocenters. The summed E-state index contributed by atoms with van der Waals surface area (Å²) in [7, 11) is 0. The molecule has 0 saturated carbocycles. The van der Waals surface area contributed by atoms with E-state index in [2.05, 4.69) is 26.0 Å². The summed E-state index contributed by atoms with van der Waals surface area (Å²) in [5, 5.41) is 0. The van der Waals surface area contributed by atoms with Crippen molar-refractivity contribution in [2.75, 3.05) is 13.2 Å². The highest BCUT2D eigenvalue weighted by Crippen LogP contribution is 2.42. The van der Waals surface area contributed by atoms with Crippen molar-refractivity contribution in [3.05, 3.63) is 69.8 Å². The predicted octanol–water partition coefficient (Wildman–Crippen LogP) is 5.41. The Morgan fingerprint density at radius 2 is 1.21 bits per heavy atom. The fraction of sp³-hybridized carbons (Fsp3) is 0.320. The van der Waals surface area contributed by atoms with E-state index >= 15 is 0 Å². The molecule has 4 rings (SSSR count). The Morgan fingerprint density at radius 1 is 0.786 bits per heavy atom. The van der Waals surface area contributed by atoms with Crippen molar-refractivity contribution >= 4 is 16.9 Å². The van der Waals surface area contributed by atoms with Gasteiger partial charge in [-0.05, 0) is 87.1 Å². The van der Waals surface area contributed by atoms with Crippen LogP contribution in [0.5, 0.6) is 11.5 Å². The van der Waals surface area contributed by atoms with Gasteiger partial charge < -0.3 is 9.47 Å². The van der Waals surface area contributed by atoms with Crippen LogP contribution >= 0.6 is 0 Å². The van der Waals surface area contributed by atoms with Gasteiger partial charge in [0, 0.05) is 11.1 Å². The SMILES string of the molecule is CCOc1ccc2c(c1)C(C(=O)C1=C(C)Cc3ccc(OCC)cc31)=C(C)C2. The second kappa shape index (κ2) is 7.31. The maximum absolute atomic E-state index is 13.7. The fourth-order valence-corrected chi connectivity index (χ4v) is 4.36. The van der Waals surface area contributed by atoms with Crippen molar-refractivity contribution in [1.29, 1.82) is 0 Å². The van der Waals surface area contributed by atoms with Crippen molar-refractivity contribution in [2.45, 2.75) is 40.5 Å². The molecule has 2 aliphatic rings. The van der Waals surface area contributed by atoms with Gasteiger partial charge in [-0.1, -0.05) is 23.3 Å². The number of allylic oxidation sites excluding steroid dienone is 4. The molecule has 0 aliphatic heterocycles. The van der Waals surface area contributed by atoms with Gasteiger partial charge in [0.1, 0.15) is 11.5 Å². The predicted molar refractivity (Wildman–Crippen MR) is 113 cm³/mol. The van der Waals surface area contributed by atoms with Crippen LogP contribution in [0.2, 0.25) is 0 Å². The van der Waals surface area contributed by atoms with E-state index in [1.165, 1.54) is 11.1 Å². The van der Waals surface area contributed by atoms with Gasteiger partial charge in [0.25, 0.3) is 0 Å². The van der Waals surface area contributed by atoms with Crippen molar-refractivity contribution in [2.24, 2.45) is 0 Å². The lowest BCUT2D eigenvalue weighted by Crippen LogP contribution is -2.06. The Morgan fingerprint density at radius 3 is 1.61 bits per heavy atom. The highest BCUT2D eigenvalue weighted by Gasteiger charge is 2.32. The van der Waals surface area contributed by atoms with Gasteiger partial charge in [-0.2, -0.15) is 0 Å². The van der Waals surface area contributed by atoms with Gasteiger partial charge in [0.15, 0.2) is 5.78 Å². The zero-order valence-electron chi connectivity index (χ0n) is 17.0. The van der Waals surface area contributed by atoms with E-state index in [9.17, 15) is 4.79 Å². The number of Topliss-reactive ketones (excluding diaryl/α,β-unsaturated/α-hetero) is 1. The first-order valence-electron chi connectivity index (χ1n) is 9.99. The average Bonchev–Trinajstić information content (AvgIpc) is 3.16. The molecule has 0 atom stereocenters. The summed E-state index contributed by atoms with van der Waals surface area (Å²) in [4.78, 5) is 13.7. The maximum Gasteiger partial charge on any atom is 0.194 e. The van der Waals surface area contributed by atoms with E-state index < -0.39 is 0 Å². The summed E-state index contributed by atoms with van der Waals surface area (Å²) in [5.74, 6) is 1.75. The molecule has 0 fully saturated rings. The monoisotopic (exact) mass is 374 g/mol. The lowest BCUT2D eigenvalue weighted by atomic mass is 9.92. The molecular weight excluding hydrogens is 348 g/mol. The molecule has 3 nitrogen and oxygen atoms in total. The molecular formula is C25H26O3. The Kier molecular flexibility index (Phi) is 4.84. The molecule has 0 heterocycles. The largest absolute Gasteiger partial charge is 0.494 e. The Hall–Kier alpha value is -2.81. The first-order valence-corrected chi connectivity index (χ1v) is 9.99. The maximum atomic E-state index is 13.7. The van der Waals surface area contributed by atoms with Crippen LogP contribution in [0.25, 0.3) is 11.1 Å². The van der Waals surface area contributed by atoms with Crippen LogP contribution in [0.15, 0.2) is 47.5 Å². The minimum Gasteiger partial charge on any atom is -0.494 e. The standard InChI is InChI=1S/C25H26O3/c1-5-27-19-9-7-17-11-15(3)23(21(17)13-19)25(26)24-16(4)12-18-8-10-20(28-6-2)14-22(18)24/h7-10,13-14H,5-6,11-12H2,1-4H3. The Labute approximate surface area is 166 Å². The summed E-state index contributed by atoms with van der Waals surface area (Å²) in [6.45, 7) is 9.30. The normalized spacial score (nSPS) is 15.0. The van der Waals surface area contributed by atoms with E-state index in [0.29, 0.717) is 13.2 Å². The van der Waals surface area contributed by atoms with E-state index in [-0.39, 0.29) is 5.78 Å². The molecule has 0 amide bonds. The molecule has 2 aliphatic carbocycles. The summed E-state index contributed by atoms with van der Waals surface area (Å²) < 4.78 is 11.4. The fourth-order valence-electron chi connectivity index (χ4n) is 4.36. The van der Waals surface area contributed by atoms with Crippen LogP contribution < -0.4 is 9.47 Å². The smallest absolute Gasteiger partial charge is 0.194 e. The van der Waals surface area contributed by atoms with Crippen LogP contribution in [-0.4, -0.2) is 19.0 Å². The first-order chi connectivity index (χ1) is 13.5. The Balaban J connectivity index is 1.76. The topological polar surface area (TPSA) is 35.5 Å². The van der Waals surface area contributed by atoms with Crippen molar-refractivity contribution in [3.8, 4) is 11.5 Å². The third-order valence-corrected chi connectivity index (χ3v) is 5.54. The van der Waals surface area contributed by atoms with Crippen LogP contribution in [-0.2, 0) is 17.6 Å². The van der Waals surface area contributed by atoms with Gasteiger partial charge in [0.05, 0.1) is 13.2 Å². The molecule has 0 N–H and O–H groups in total. The number of carbonyl (C=O) groups excluding carboxylic acids is 1. The quantitative estimate of drug-likeness (QED) is 0.678. The number of hydrogen-bond donors (Lipinski definition) is 0. The van der Waals surface area contributed by atoms with Crippen LogP contribution in [0.3, 0.4) is 0 Å². The second-order valence-electron chi connectivity index (χ2n) is 7.50. The number of fused-ring (bicyclic) bond motifs is 2. The number of carbonyl (C=O) groups is 1. The summed E-state index contributed by atoms with van der Waals surface area (Å²) >= 11 is 0. The molecule has 0 spiro atoms. The summed E-state index contributed by atoms with van der Waals surface area (Å²) in [6.07, 6.45) is 1.64. The molecule has 3 heteroatoms. The average molecular weight is 374 g/mol. The molecule has 0 aromatic heterocycles. The van der Waals surface area contributed by atoms with Crippen LogP contribution in [0, 0.1) is 0 Å².